The van der Waals surface area contributed by atoms with Crippen LogP contribution in [-0.2, 0) is 0 Å². The molecule has 2 aromatic rings. The van der Waals surface area contributed by atoms with Crippen molar-refractivity contribution in [3.05, 3.63) is 71.3 Å². The summed E-state index contributed by atoms with van der Waals surface area (Å²) in [5, 5.41) is 0. The number of hydrogen-bond donors (Lipinski definition) is 0. The van der Waals surface area contributed by atoms with Crippen LogP contribution in [0.15, 0.2) is 54.6 Å². The minimum Gasteiger partial charge on any atom is -0.0683 e. The topological polar surface area (TPSA) is 0 Å². The van der Waals surface area contributed by atoms with E-state index in [0.29, 0.717) is 0 Å². The van der Waals surface area contributed by atoms with Crippen molar-refractivity contribution < 1.29 is 0 Å². The highest BCUT2D eigenvalue weighted by molar-refractivity contribution is 5.23. The lowest BCUT2D eigenvalue weighted by molar-refractivity contribution is 1.34. The molecular weight excluding hydrogens is 300 g/mol. The summed E-state index contributed by atoms with van der Waals surface area (Å²) in [6, 6.07) is 18.6. The summed E-state index contributed by atoms with van der Waals surface area (Å²) in [6.07, 6.45) is 0. The second-order valence-corrected chi connectivity index (χ2v) is 3.74. The van der Waals surface area contributed by atoms with Crippen LogP contribution in [0.25, 0.3) is 0 Å². The van der Waals surface area contributed by atoms with Gasteiger partial charge in [0.25, 0.3) is 0 Å². The highest BCUT2D eigenvalue weighted by Crippen LogP contribution is 2.02. The van der Waals surface area contributed by atoms with Gasteiger partial charge in [-0.2, -0.15) is 0 Å². The largest absolute Gasteiger partial charge is 0.0683 e. The van der Waals surface area contributed by atoms with E-state index in [1.54, 1.807) is 0 Å². The zero-order chi connectivity index (χ0) is 21.1. The maximum Gasteiger partial charge on any atom is -0.0395 e. The Labute approximate surface area is 161 Å². The maximum absolute atomic E-state index is 2.12. The van der Waals surface area contributed by atoms with Crippen LogP contribution in [0.2, 0.25) is 0 Å². The third kappa shape index (κ3) is 30.8. The van der Waals surface area contributed by atoms with E-state index in [4.69, 9.17) is 0 Å². The van der Waals surface area contributed by atoms with Crippen molar-refractivity contribution in [2.75, 3.05) is 0 Å². The van der Waals surface area contributed by atoms with Gasteiger partial charge in [0.1, 0.15) is 0 Å². The predicted molar refractivity (Wildman–Crippen MR) is 124 cm³/mol. The first kappa shape index (κ1) is 34.7. The van der Waals surface area contributed by atoms with Crippen LogP contribution in [0.4, 0.5) is 0 Å². The van der Waals surface area contributed by atoms with Gasteiger partial charge in [0.15, 0.2) is 0 Å². The minimum atomic E-state index is 1.32. The Bertz CT molecular complexity index is 367. The first-order chi connectivity index (χ1) is 12.2. The van der Waals surface area contributed by atoms with Gasteiger partial charge in [0.05, 0.1) is 0 Å². The lowest BCUT2D eigenvalue weighted by Crippen LogP contribution is -1.74. The second-order valence-electron chi connectivity index (χ2n) is 3.74. The third-order valence-electron chi connectivity index (χ3n) is 2.37. The van der Waals surface area contributed by atoms with E-state index in [1.807, 2.05) is 87.4 Å². The highest BCUT2D eigenvalue weighted by atomic mass is 13.9. The van der Waals surface area contributed by atoms with Gasteiger partial charge in [-0.1, -0.05) is 129 Å². The van der Waals surface area contributed by atoms with E-state index >= 15 is 0 Å². The summed E-state index contributed by atoms with van der Waals surface area (Å²) in [5.41, 5.74) is 4.06. The molecule has 0 nitrogen and oxygen atoms in total. The average molecular weight is 349 g/mol. The summed E-state index contributed by atoms with van der Waals surface area (Å²) in [5.74, 6) is 0. The minimum absolute atomic E-state index is 1.32. The molecule has 0 aromatic heterocycles. The SMILES string of the molecule is CC.CC.CC.CC.CC.Cc1ccccc1.Cc1ccccc1C. The molecule has 0 radical (unpaired) electrons. The van der Waals surface area contributed by atoms with Crippen molar-refractivity contribution in [1.29, 1.82) is 0 Å². The van der Waals surface area contributed by atoms with E-state index in [1.165, 1.54) is 16.7 Å². The van der Waals surface area contributed by atoms with Crippen molar-refractivity contribution in [3.8, 4) is 0 Å². The van der Waals surface area contributed by atoms with E-state index in [-0.39, 0.29) is 0 Å². The Morgan fingerprint density at radius 1 is 0.360 bits per heavy atom. The van der Waals surface area contributed by atoms with Crippen molar-refractivity contribution in [3.63, 3.8) is 0 Å². The molecule has 0 amide bonds. The van der Waals surface area contributed by atoms with Crippen LogP contribution in [0.5, 0.6) is 0 Å². The molecule has 0 N–H and O–H groups in total. The van der Waals surface area contributed by atoms with Gasteiger partial charge in [-0.3, -0.25) is 0 Å². The third-order valence-corrected chi connectivity index (χ3v) is 2.37. The molecule has 0 aliphatic carbocycles. The molecule has 0 saturated carbocycles. The maximum atomic E-state index is 2.12. The fourth-order valence-corrected chi connectivity index (χ4v) is 1.20. The normalized spacial score (nSPS) is 6.60. The number of benzene rings is 2. The molecule has 0 spiro atoms. The highest BCUT2D eigenvalue weighted by Gasteiger charge is 1.83. The zero-order valence-corrected chi connectivity index (χ0v) is 19.7. The molecule has 0 unspecified atom stereocenters. The Hall–Kier alpha value is -1.56. The molecule has 0 bridgehead atoms. The van der Waals surface area contributed by atoms with Gasteiger partial charge in [0, 0.05) is 0 Å². The van der Waals surface area contributed by atoms with E-state index in [9.17, 15) is 0 Å². The Balaban J connectivity index is -0.0000000718. The summed E-state index contributed by atoms with van der Waals surface area (Å²) >= 11 is 0. The molecular formula is C25H48. The lowest BCUT2D eigenvalue weighted by atomic mass is 10.1. The monoisotopic (exact) mass is 348 g/mol. The second kappa shape index (κ2) is 38.2. The van der Waals surface area contributed by atoms with Gasteiger partial charge in [-0.15, -0.1) is 0 Å². The summed E-state index contributed by atoms with van der Waals surface area (Å²) in [4.78, 5) is 0. The molecule has 0 heterocycles. The van der Waals surface area contributed by atoms with Crippen LogP contribution < -0.4 is 0 Å². The fraction of sp³-hybridized carbons (Fsp3) is 0.520. The first-order valence-corrected chi connectivity index (χ1v) is 10.2. The molecule has 148 valence electrons. The van der Waals surface area contributed by atoms with E-state index in [0.717, 1.165) is 0 Å². The van der Waals surface area contributed by atoms with E-state index in [2.05, 4.69) is 57.2 Å². The Morgan fingerprint density at radius 3 is 0.760 bits per heavy atom. The summed E-state index contributed by atoms with van der Waals surface area (Å²) in [7, 11) is 0. The quantitative estimate of drug-likeness (QED) is 0.444. The molecule has 2 aromatic carbocycles. The number of rotatable bonds is 0. The molecule has 0 atom stereocenters. The van der Waals surface area contributed by atoms with E-state index < -0.39 is 0 Å². The average Bonchev–Trinajstić information content (AvgIpc) is 2.73. The predicted octanol–water partition coefficient (Wildman–Crippen LogP) is 9.43. The Kier molecular flexibility index (Phi) is 53.0. The van der Waals surface area contributed by atoms with Gasteiger partial charge in [-0.25, -0.2) is 0 Å². The van der Waals surface area contributed by atoms with Gasteiger partial charge in [-0.05, 0) is 31.9 Å². The van der Waals surface area contributed by atoms with Gasteiger partial charge in [0.2, 0.25) is 0 Å². The molecule has 0 fully saturated rings. The zero-order valence-electron chi connectivity index (χ0n) is 19.7. The van der Waals surface area contributed by atoms with Crippen LogP contribution >= 0.6 is 0 Å². The number of hydrogen-bond acceptors (Lipinski definition) is 0. The fourth-order valence-electron chi connectivity index (χ4n) is 1.20. The molecule has 0 aliphatic heterocycles. The molecule has 0 aliphatic rings. The van der Waals surface area contributed by atoms with Crippen LogP contribution in [-0.4, -0.2) is 0 Å². The lowest BCUT2D eigenvalue weighted by Gasteiger charge is -1.93. The first-order valence-electron chi connectivity index (χ1n) is 10.2. The van der Waals surface area contributed by atoms with Crippen LogP contribution in [0, 0.1) is 20.8 Å². The van der Waals surface area contributed by atoms with Crippen LogP contribution in [0.1, 0.15) is 85.9 Å². The smallest absolute Gasteiger partial charge is 0.0395 e. The summed E-state index contributed by atoms with van der Waals surface area (Å²) < 4.78 is 0. The summed E-state index contributed by atoms with van der Waals surface area (Å²) in [6.45, 7) is 26.3. The molecule has 0 heteroatoms. The number of aryl methyl sites for hydroxylation is 3. The molecule has 25 heavy (non-hydrogen) atoms. The van der Waals surface area contributed by atoms with Crippen LogP contribution in [0.3, 0.4) is 0 Å². The Morgan fingerprint density at radius 2 is 0.600 bits per heavy atom. The standard InChI is InChI=1S/C8H10.C7H8.5C2H6/c1-7-5-3-4-6-8(7)2;1-7-5-3-2-4-6-7;5*1-2/h3-6H,1-2H3;2-6H,1H3;5*1-2H3. The van der Waals surface area contributed by atoms with Crippen molar-refractivity contribution in [1.82, 2.24) is 0 Å². The van der Waals surface area contributed by atoms with Crippen molar-refractivity contribution in [2.24, 2.45) is 0 Å². The molecule has 2 rings (SSSR count). The van der Waals surface area contributed by atoms with Gasteiger partial charge < -0.3 is 0 Å². The van der Waals surface area contributed by atoms with Crippen molar-refractivity contribution in [2.45, 2.75) is 90.0 Å². The molecule has 0 saturated heterocycles. The van der Waals surface area contributed by atoms with Crippen molar-refractivity contribution >= 4 is 0 Å². The van der Waals surface area contributed by atoms with Gasteiger partial charge >= 0.3 is 0 Å².